The zero-order valence-corrected chi connectivity index (χ0v) is 15.4. The van der Waals surface area contributed by atoms with Crippen LogP contribution >= 0.6 is 0 Å². The Morgan fingerprint density at radius 1 is 1.19 bits per heavy atom. The fraction of sp³-hybridized carbons (Fsp3) is 0.500. The lowest BCUT2D eigenvalue weighted by molar-refractivity contribution is 0.405. The maximum Gasteiger partial charge on any atom is 0.343 e. The monoisotopic (exact) mass is 366 g/mol. The molecule has 0 bridgehead atoms. The number of nitrogens with zero attached hydrogens (tertiary/aromatic N) is 7. The highest BCUT2D eigenvalue weighted by Gasteiger charge is 2.46. The van der Waals surface area contributed by atoms with E-state index in [0.717, 1.165) is 36.3 Å². The van der Waals surface area contributed by atoms with Crippen molar-refractivity contribution in [3.05, 3.63) is 46.9 Å². The molecule has 27 heavy (non-hydrogen) atoms. The molecule has 3 aromatic heterocycles. The van der Waals surface area contributed by atoms with Crippen LogP contribution in [0.1, 0.15) is 37.0 Å². The molecule has 1 aliphatic heterocycles. The van der Waals surface area contributed by atoms with Gasteiger partial charge in [0.15, 0.2) is 11.6 Å². The molecule has 0 amide bonds. The summed E-state index contributed by atoms with van der Waals surface area (Å²) >= 11 is 0. The van der Waals surface area contributed by atoms with Crippen LogP contribution in [0, 0.1) is 18.8 Å². The molecule has 4 heterocycles. The normalized spacial score (nSPS) is 22.5. The van der Waals surface area contributed by atoms with Crippen molar-refractivity contribution in [2.45, 2.75) is 32.2 Å². The van der Waals surface area contributed by atoms with Gasteiger partial charge in [-0.2, -0.15) is 5.10 Å². The van der Waals surface area contributed by atoms with E-state index in [1.165, 1.54) is 12.8 Å². The Morgan fingerprint density at radius 3 is 2.67 bits per heavy atom. The number of nitrogens with one attached hydrogen (secondary N) is 1. The van der Waals surface area contributed by atoms with Gasteiger partial charge in [-0.15, -0.1) is 0 Å². The summed E-state index contributed by atoms with van der Waals surface area (Å²) in [4.78, 5) is 27.8. The van der Waals surface area contributed by atoms with Gasteiger partial charge < -0.3 is 4.90 Å². The molecule has 9 nitrogen and oxygen atoms in total. The first-order valence-electron chi connectivity index (χ1n) is 9.34. The Kier molecular flexibility index (Phi) is 3.63. The Labute approximate surface area is 156 Å². The van der Waals surface area contributed by atoms with E-state index in [2.05, 4.69) is 25.1 Å². The number of aromatic amines is 1. The molecule has 140 valence electrons. The number of anilines is 1. The maximum atomic E-state index is 12.0. The predicted octanol–water partition coefficient (Wildman–Crippen LogP) is 1.37. The molecule has 5 rings (SSSR count). The number of rotatable bonds is 4. The second-order valence-electron chi connectivity index (χ2n) is 7.45. The molecule has 9 heteroatoms. The summed E-state index contributed by atoms with van der Waals surface area (Å²) in [5, 5.41) is 6.93. The summed E-state index contributed by atoms with van der Waals surface area (Å²) in [6, 6.07) is 0.0369. The highest BCUT2D eigenvalue weighted by molar-refractivity contribution is 5.44. The number of aryl methyl sites for hydroxylation is 1. The molecule has 1 aliphatic carbocycles. The van der Waals surface area contributed by atoms with Crippen molar-refractivity contribution < 1.29 is 0 Å². The van der Waals surface area contributed by atoms with Gasteiger partial charge in [0.25, 0.3) is 0 Å². The smallest absolute Gasteiger partial charge is 0.343 e. The number of aromatic nitrogens is 7. The van der Waals surface area contributed by atoms with E-state index >= 15 is 0 Å². The number of hydrogen-bond donors (Lipinski definition) is 1. The van der Waals surface area contributed by atoms with Gasteiger partial charge in [-0.05, 0) is 38.0 Å². The van der Waals surface area contributed by atoms with Gasteiger partial charge in [0, 0.05) is 26.0 Å². The Balaban J connectivity index is 1.56. The van der Waals surface area contributed by atoms with Crippen molar-refractivity contribution in [1.29, 1.82) is 0 Å². The lowest BCUT2D eigenvalue weighted by Crippen LogP contribution is -2.30. The van der Waals surface area contributed by atoms with E-state index in [1.54, 1.807) is 30.2 Å². The molecule has 2 atom stereocenters. The van der Waals surface area contributed by atoms with Crippen LogP contribution in [-0.4, -0.2) is 40.8 Å². The van der Waals surface area contributed by atoms with E-state index in [-0.39, 0.29) is 11.7 Å². The zero-order valence-electron chi connectivity index (χ0n) is 15.4. The SMILES string of the molecule is Cc1nccn1-c1cncc(N2CCC(C3CC3)C2c2n[nH]c(=O)n2C)n1. The molecule has 0 spiro atoms. The molecule has 0 radical (unpaired) electrons. The largest absolute Gasteiger partial charge is 0.345 e. The van der Waals surface area contributed by atoms with Crippen LogP contribution in [0.5, 0.6) is 0 Å². The first-order chi connectivity index (χ1) is 13.1. The van der Waals surface area contributed by atoms with Crippen LogP contribution < -0.4 is 10.6 Å². The molecule has 1 N–H and O–H groups in total. The maximum absolute atomic E-state index is 12.0. The zero-order chi connectivity index (χ0) is 18.5. The molecule has 0 aromatic carbocycles. The second-order valence-corrected chi connectivity index (χ2v) is 7.45. The highest BCUT2D eigenvalue weighted by Crippen LogP contribution is 2.50. The summed E-state index contributed by atoms with van der Waals surface area (Å²) in [6.07, 6.45) is 10.8. The Morgan fingerprint density at radius 2 is 2.00 bits per heavy atom. The molecule has 1 saturated heterocycles. The summed E-state index contributed by atoms with van der Waals surface area (Å²) in [5.74, 6) is 4.39. The first kappa shape index (κ1) is 16.2. The van der Waals surface area contributed by atoms with Crippen molar-refractivity contribution in [2.75, 3.05) is 11.4 Å². The third kappa shape index (κ3) is 2.65. The minimum absolute atomic E-state index is 0.0369. The lowest BCUT2D eigenvalue weighted by Gasteiger charge is -2.28. The van der Waals surface area contributed by atoms with Crippen LogP contribution in [0.15, 0.2) is 29.6 Å². The van der Waals surface area contributed by atoms with Gasteiger partial charge in [-0.1, -0.05) is 0 Å². The molecule has 1 saturated carbocycles. The first-order valence-corrected chi connectivity index (χ1v) is 9.34. The van der Waals surface area contributed by atoms with Crippen LogP contribution in [0.25, 0.3) is 5.82 Å². The molecular formula is C18H22N8O. The predicted molar refractivity (Wildman–Crippen MR) is 98.6 cm³/mol. The minimum Gasteiger partial charge on any atom is -0.345 e. The van der Waals surface area contributed by atoms with Gasteiger partial charge in [-0.25, -0.2) is 19.9 Å². The average Bonchev–Trinajstić information content (AvgIpc) is 3.14. The van der Waals surface area contributed by atoms with Crippen LogP contribution in [-0.2, 0) is 7.05 Å². The van der Waals surface area contributed by atoms with Crippen LogP contribution in [0.3, 0.4) is 0 Å². The van der Waals surface area contributed by atoms with Gasteiger partial charge in [0.2, 0.25) is 0 Å². The Bertz CT molecular complexity index is 1030. The third-order valence-corrected chi connectivity index (χ3v) is 5.83. The average molecular weight is 366 g/mol. The highest BCUT2D eigenvalue weighted by atomic mass is 16.1. The quantitative estimate of drug-likeness (QED) is 0.749. The van der Waals surface area contributed by atoms with Gasteiger partial charge in [-0.3, -0.25) is 14.1 Å². The number of hydrogen-bond acceptors (Lipinski definition) is 6. The summed E-state index contributed by atoms with van der Waals surface area (Å²) in [7, 11) is 1.78. The summed E-state index contributed by atoms with van der Waals surface area (Å²) < 4.78 is 3.54. The molecular weight excluding hydrogens is 344 g/mol. The van der Waals surface area contributed by atoms with Crippen LogP contribution in [0.2, 0.25) is 0 Å². The second kappa shape index (κ2) is 6.04. The van der Waals surface area contributed by atoms with Gasteiger partial charge in [0.05, 0.1) is 18.4 Å². The standard InChI is InChI=1S/C18H22N8O/c1-11-20-6-8-25(11)14-9-19-10-15(21-14)26-7-5-13(12-3-4-12)16(26)17-22-23-18(27)24(17)2/h6,8-10,12-13,16H,3-5,7H2,1-2H3,(H,23,27). The van der Waals surface area contributed by atoms with E-state index in [1.807, 2.05) is 17.7 Å². The lowest BCUT2D eigenvalue weighted by atomic mass is 9.94. The van der Waals surface area contributed by atoms with E-state index < -0.39 is 0 Å². The topological polar surface area (TPSA) is 97.5 Å². The van der Waals surface area contributed by atoms with E-state index in [4.69, 9.17) is 4.98 Å². The molecule has 2 fully saturated rings. The summed E-state index contributed by atoms with van der Waals surface area (Å²) in [5.41, 5.74) is -0.180. The third-order valence-electron chi connectivity index (χ3n) is 5.83. The summed E-state index contributed by atoms with van der Waals surface area (Å²) in [6.45, 7) is 2.82. The number of imidazole rings is 1. The fourth-order valence-electron chi connectivity index (χ4n) is 4.27. The van der Waals surface area contributed by atoms with Crippen molar-refractivity contribution >= 4 is 5.82 Å². The van der Waals surface area contributed by atoms with E-state index in [9.17, 15) is 4.79 Å². The fourth-order valence-corrected chi connectivity index (χ4v) is 4.27. The van der Waals surface area contributed by atoms with Crippen molar-refractivity contribution in [1.82, 2.24) is 34.3 Å². The molecule has 3 aromatic rings. The Hall–Kier alpha value is -2.97. The van der Waals surface area contributed by atoms with E-state index in [0.29, 0.717) is 11.8 Å². The molecule has 2 unspecified atom stereocenters. The van der Waals surface area contributed by atoms with Crippen molar-refractivity contribution in [3.63, 3.8) is 0 Å². The minimum atomic E-state index is -0.180. The van der Waals surface area contributed by atoms with Gasteiger partial charge >= 0.3 is 5.69 Å². The van der Waals surface area contributed by atoms with Crippen molar-refractivity contribution in [2.24, 2.45) is 18.9 Å². The van der Waals surface area contributed by atoms with Gasteiger partial charge in [0.1, 0.15) is 11.6 Å². The number of H-pyrrole nitrogens is 1. The molecule has 2 aliphatic rings. The van der Waals surface area contributed by atoms with Crippen molar-refractivity contribution in [3.8, 4) is 5.82 Å². The van der Waals surface area contributed by atoms with Crippen LogP contribution in [0.4, 0.5) is 5.82 Å².